The van der Waals surface area contributed by atoms with Crippen LogP contribution in [0.3, 0.4) is 0 Å². The maximum absolute atomic E-state index is 12.1. The lowest BCUT2D eigenvalue weighted by Gasteiger charge is -2.30. The van der Waals surface area contributed by atoms with E-state index in [2.05, 4.69) is 5.32 Å². The molecule has 0 spiro atoms. The molecule has 1 aliphatic heterocycles. The van der Waals surface area contributed by atoms with Crippen LogP contribution in [0, 0.1) is 5.41 Å². The molecule has 1 heterocycles. The lowest BCUT2D eigenvalue weighted by molar-refractivity contribution is -0.142. The third-order valence-electron chi connectivity index (χ3n) is 3.34. The Kier molecular flexibility index (Phi) is 4.97. The molecule has 1 aliphatic rings. The molecule has 7 nitrogen and oxygen atoms in total. The van der Waals surface area contributed by atoms with Gasteiger partial charge in [0.25, 0.3) is 0 Å². The first-order chi connectivity index (χ1) is 9.12. The lowest BCUT2D eigenvalue weighted by atomic mass is 9.87. The van der Waals surface area contributed by atoms with E-state index in [4.69, 9.17) is 0 Å². The van der Waals surface area contributed by atoms with E-state index in [1.54, 1.807) is 32.7 Å². The van der Waals surface area contributed by atoms with E-state index in [1.807, 2.05) is 0 Å². The number of rotatable bonds is 2. The molecule has 1 unspecified atom stereocenters. The standard InChI is InChI=1S/C13H23N3O4/c1-13(2,3)10(11(18)19)14-12(20)16-7-5-6-15(4)9(17)8-16/h10H,5-8H2,1-4H3,(H,14,20)(H,18,19). The van der Waals surface area contributed by atoms with Gasteiger partial charge in [0.05, 0.1) is 0 Å². The Labute approximate surface area is 118 Å². The quantitative estimate of drug-likeness (QED) is 0.766. The number of carbonyl (C=O) groups excluding carboxylic acids is 2. The summed E-state index contributed by atoms with van der Waals surface area (Å²) in [7, 11) is 1.69. The van der Waals surface area contributed by atoms with Gasteiger partial charge in [-0.25, -0.2) is 9.59 Å². The van der Waals surface area contributed by atoms with Crippen molar-refractivity contribution in [3.05, 3.63) is 0 Å². The summed E-state index contributed by atoms with van der Waals surface area (Å²) in [6, 6.07) is -1.50. The minimum atomic E-state index is -1.08. The molecular formula is C13H23N3O4. The monoisotopic (exact) mass is 285 g/mol. The van der Waals surface area contributed by atoms with Crippen molar-refractivity contribution in [2.75, 3.05) is 26.7 Å². The van der Waals surface area contributed by atoms with Gasteiger partial charge in [0.1, 0.15) is 12.6 Å². The van der Waals surface area contributed by atoms with Crippen molar-refractivity contribution in [3.63, 3.8) is 0 Å². The van der Waals surface area contributed by atoms with Crippen LogP contribution in [0.4, 0.5) is 4.79 Å². The number of carbonyl (C=O) groups is 3. The van der Waals surface area contributed by atoms with Crippen molar-refractivity contribution < 1.29 is 19.5 Å². The number of nitrogens with one attached hydrogen (secondary N) is 1. The van der Waals surface area contributed by atoms with E-state index in [9.17, 15) is 19.5 Å². The Hall–Kier alpha value is -1.79. The minimum absolute atomic E-state index is 0.0151. The van der Waals surface area contributed by atoms with Crippen molar-refractivity contribution >= 4 is 17.9 Å². The summed E-state index contributed by atoms with van der Waals surface area (Å²) in [6.07, 6.45) is 0.683. The average Bonchev–Trinajstić information content (AvgIpc) is 2.47. The summed E-state index contributed by atoms with van der Waals surface area (Å²) in [4.78, 5) is 38.1. The Bertz CT molecular complexity index is 403. The van der Waals surface area contributed by atoms with E-state index >= 15 is 0 Å². The molecule has 0 aromatic rings. The first kappa shape index (κ1) is 16.3. The fraction of sp³-hybridized carbons (Fsp3) is 0.769. The molecule has 1 rings (SSSR count). The molecule has 1 fully saturated rings. The summed E-state index contributed by atoms with van der Waals surface area (Å²) in [5.74, 6) is -1.22. The number of hydrogen-bond donors (Lipinski definition) is 2. The zero-order chi connectivity index (χ0) is 15.5. The second-order valence-electron chi connectivity index (χ2n) is 6.18. The predicted octanol–water partition coefficient (Wildman–Crippen LogP) is 0.359. The summed E-state index contributed by atoms with van der Waals surface area (Å²) in [5.41, 5.74) is -0.603. The lowest BCUT2D eigenvalue weighted by Crippen LogP contribution is -2.54. The zero-order valence-electron chi connectivity index (χ0n) is 12.5. The van der Waals surface area contributed by atoms with Crippen LogP contribution in [0.5, 0.6) is 0 Å². The van der Waals surface area contributed by atoms with Gasteiger partial charge in [-0.3, -0.25) is 4.79 Å². The molecule has 1 saturated heterocycles. The van der Waals surface area contributed by atoms with Crippen LogP contribution in [0.2, 0.25) is 0 Å². The number of carboxylic acids is 1. The van der Waals surface area contributed by atoms with Gasteiger partial charge in [-0.15, -0.1) is 0 Å². The molecule has 7 heteroatoms. The summed E-state index contributed by atoms with van der Waals surface area (Å²) >= 11 is 0. The normalized spacial score (nSPS) is 18.5. The van der Waals surface area contributed by atoms with Gasteiger partial charge in [-0.2, -0.15) is 0 Å². The fourth-order valence-corrected chi connectivity index (χ4v) is 2.02. The summed E-state index contributed by atoms with van der Waals surface area (Å²) in [6.45, 7) is 6.26. The van der Waals surface area contributed by atoms with E-state index in [0.717, 1.165) is 0 Å². The summed E-state index contributed by atoms with van der Waals surface area (Å²) in [5, 5.41) is 11.7. The number of amides is 3. The Morgan fingerprint density at radius 3 is 2.40 bits per heavy atom. The highest BCUT2D eigenvalue weighted by Gasteiger charge is 2.34. The van der Waals surface area contributed by atoms with Gasteiger partial charge in [0.15, 0.2) is 0 Å². The molecule has 0 aromatic heterocycles. The molecule has 0 aliphatic carbocycles. The molecule has 3 amide bonds. The van der Waals surface area contributed by atoms with E-state index in [0.29, 0.717) is 19.5 Å². The first-order valence-corrected chi connectivity index (χ1v) is 6.65. The van der Waals surface area contributed by atoms with Crippen molar-refractivity contribution in [2.24, 2.45) is 5.41 Å². The maximum atomic E-state index is 12.1. The molecule has 2 N–H and O–H groups in total. The molecule has 20 heavy (non-hydrogen) atoms. The largest absolute Gasteiger partial charge is 0.480 e. The van der Waals surface area contributed by atoms with Crippen molar-refractivity contribution in [3.8, 4) is 0 Å². The van der Waals surface area contributed by atoms with Crippen molar-refractivity contribution in [1.82, 2.24) is 15.1 Å². The highest BCUT2D eigenvalue weighted by Crippen LogP contribution is 2.19. The SMILES string of the molecule is CN1CCCN(C(=O)NC(C(=O)O)C(C)(C)C)CC1=O. The van der Waals surface area contributed by atoms with Crippen LogP contribution < -0.4 is 5.32 Å². The van der Waals surface area contributed by atoms with E-state index in [-0.39, 0.29) is 12.5 Å². The third-order valence-corrected chi connectivity index (χ3v) is 3.34. The molecule has 0 bridgehead atoms. The smallest absolute Gasteiger partial charge is 0.326 e. The van der Waals surface area contributed by atoms with Gasteiger partial charge in [-0.1, -0.05) is 20.8 Å². The highest BCUT2D eigenvalue weighted by atomic mass is 16.4. The maximum Gasteiger partial charge on any atom is 0.326 e. The number of nitrogens with zero attached hydrogens (tertiary/aromatic N) is 2. The topological polar surface area (TPSA) is 89.9 Å². The van der Waals surface area contributed by atoms with Crippen LogP contribution in [-0.4, -0.2) is 65.5 Å². The summed E-state index contributed by atoms with van der Waals surface area (Å²) < 4.78 is 0. The van der Waals surface area contributed by atoms with Gasteiger partial charge < -0.3 is 20.2 Å². The minimum Gasteiger partial charge on any atom is -0.480 e. The number of likely N-dealkylation sites (N-methyl/N-ethyl adjacent to an activating group) is 1. The molecule has 1 atom stereocenters. The van der Waals surface area contributed by atoms with Crippen LogP contribution in [0.15, 0.2) is 0 Å². The second-order valence-corrected chi connectivity index (χ2v) is 6.18. The number of aliphatic carboxylic acids is 1. The Balaban J connectivity index is 2.74. The van der Waals surface area contributed by atoms with Gasteiger partial charge in [0, 0.05) is 20.1 Å². The van der Waals surface area contributed by atoms with Gasteiger partial charge >= 0.3 is 12.0 Å². The van der Waals surface area contributed by atoms with Crippen LogP contribution in [0.1, 0.15) is 27.2 Å². The first-order valence-electron chi connectivity index (χ1n) is 6.65. The van der Waals surface area contributed by atoms with E-state index < -0.39 is 23.5 Å². The van der Waals surface area contributed by atoms with E-state index in [1.165, 1.54) is 4.90 Å². The number of urea groups is 1. The fourth-order valence-electron chi connectivity index (χ4n) is 2.02. The number of carboxylic acid groups (broad SMARTS) is 1. The van der Waals surface area contributed by atoms with Crippen molar-refractivity contribution in [1.29, 1.82) is 0 Å². The van der Waals surface area contributed by atoms with Crippen LogP contribution in [0.25, 0.3) is 0 Å². The second kappa shape index (κ2) is 6.11. The Morgan fingerprint density at radius 2 is 1.90 bits per heavy atom. The predicted molar refractivity (Wildman–Crippen MR) is 73.2 cm³/mol. The number of hydrogen-bond acceptors (Lipinski definition) is 3. The Morgan fingerprint density at radius 1 is 1.30 bits per heavy atom. The third kappa shape index (κ3) is 4.11. The van der Waals surface area contributed by atoms with Crippen LogP contribution >= 0.6 is 0 Å². The highest BCUT2D eigenvalue weighted by molar-refractivity contribution is 5.87. The molecule has 0 radical (unpaired) electrons. The molecule has 0 aromatic carbocycles. The molecule has 114 valence electrons. The molecular weight excluding hydrogens is 262 g/mol. The average molecular weight is 285 g/mol. The molecule has 0 saturated carbocycles. The van der Waals surface area contributed by atoms with Crippen LogP contribution in [-0.2, 0) is 9.59 Å². The zero-order valence-corrected chi connectivity index (χ0v) is 12.5. The van der Waals surface area contributed by atoms with Crippen molar-refractivity contribution in [2.45, 2.75) is 33.2 Å². The van der Waals surface area contributed by atoms with Gasteiger partial charge in [0.2, 0.25) is 5.91 Å². The van der Waals surface area contributed by atoms with Gasteiger partial charge in [-0.05, 0) is 11.8 Å².